The molecular weight excluding hydrogens is 320 g/mol. The van der Waals surface area contributed by atoms with E-state index in [9.17, 15) is 4.79 Å². The van der Waals surface area contributed by atoms with Gasteiger partial charge < -0.3 is 13.9 Å². The Bertz CT molecular complexity index is 963. The van der Waals surface area contributed by atoms with Crippen LogP contribution in [-0.4, -0.2) is 27.1 Å². The largest absolute Gasteiger partial charge is 0.497 e. The summed E-state index contributed by atoms with van der Waals surface area (Å²) < 4.78 is 12.4. The zero-order chi connectivity index (χ0) is 17.1. The molecule has 0 radical (unpaired) electrons. The maximum absolute atomic E-state index is 12.9. The second-order valence-corrected chi connectivity index (χ2v) is 5.22. The van der Waals surface area contributed by atoms with Crippen molar-refractivity contribution in [2.45, 2.75) is 0 Å². The van der Waals surface area contributed by atoms with Crippen molar-refractivity contribution in [3.05, 3.63) is 79.4 Å². The Morgan fingerprint density at radius 2 is 2.16 bits per heavy atom. The summed E-state index contributed by atoms with van der Waals surface area (Å²) in [4.78, 5) is 22.8. The number of hydrogen-bond donors (Lipinski definition) is 0. The lowest BCUT2D eigenvalue weighted by atomic mass is 10.3. The number of para-hydroxylation sites is 1. The number of benzene rings is 1. The van der Waals surface area contributed by atoms with E-state index in [-0.39, 0.29) is 0 Å². The summed E-state index contributed by atoms with van der Waals surface area (Å²) in [5.74, 6) is 0.875. The molecule has 1 aromatic carbocycles. The number of anilines is 2. The number of fused-ring (bicyclic) bond motifs is 1. The van der Waals surface area contributed by atoms with Gasteiger partial charge in [-0.25, -0.2) is 14.7 Å². The van der Waals surface area contributed by atoms with Crippen LogP contribution >= 0.6 is 0 Å². The van der Waals surface area contributed by atoms with E-state index in [2.05, 4.69) is 9.97 Å². The molecule has 7 nitrogen and oxygen atoms in total. The molecule has 4 rings (SSSR count). The van der Waals surface area contributed by atoms with Gasteiger partial charge in [-0.3, -0.25) is 4.98 Å². The summed E-state index contributed by atoms with van der Waals surface area (Å²) in [6.45, 7) is 0.363. The minimum atomic E-state index is -0.562. The molecule has 0 fully saturated rings. The molecule has 2 aromatic heterocycles. The summed E-state index contributed by atoms with van der Waals surface area (Å²) in [5, 5.41) is 0. The summed E-state index contributed by atoms with van der Waals surface area (Å²) >= 11 is 0. The molecule has 124 valence electrons. The van der Waals surface area contributed by atoms with Gasteiger partial charge in [0.1, 0.15) is 24.2 Å². The van der Waals surface area contributed by atoms with Gasteiger partial charge in [-0.15, -0.1) is 0 Å². The number of aromatic nitrogens is 3. The van der Waals surface area contributed by atoms with Crippen molar-refractivity contribution in [2.75, 3.05) is 11.5 Å². The number of imidazole rings is 1. The van der Waals surface area contributed by atoms with Crippen LogP contribution in [0.4, 0.5) is 16.3 Å². The fraction of sp³-hybridized carbons (Fsp3) is 0.0556. The Morgan fingerprint density at radius 3 is 2.96 bits per heavy atom. The highest BCUT2D eigenvalue weighted by molar-refractivity contribution is 5.99. The van der Waals surface area contributed by atoms with Crippen LogP contribution in [0.5, 0.6) is 0 Å². The van der Waals surface area contributed by atoms with Gasteiger partial charge in [-0.05, 0) is 18.2 Å². The number of carbonyl (C=O) groups is 1. The van der Waals surface area contributed by atoms with Crippen molar-refractivity contribution in [2.24, 2.45) is 0 Å². The zero-order valence-corrected chi connectivity index (χ0v) is 13.1. The minimum Gasteiger partial charge on any atom is -0.497 e. The number of rotatable bonds is 3. The van der Waals surface area contributed by atoms with E-state index >= 15 is 0 Å². The minimum absolute atomic E-state index is 0.363. The molecule has 3 aromatic rings. The number of carbonyl (C=O) groups excluding carboxylic acids is 1. The monoisotopic (exact) mass is 334 g/mol. The first-order valence-electron chi connectivity index (χ1n) is 7.65. The predicted molar refractivity (Wildman–Crippen MR) is 91.2 cm³/mol. The fourth-order valence-corrected chi connectivity index (χ4v) is 2.48. The summed E-state index contributed by atoms with van der Waals surface area (Å²) in [6, 6.07) is 9.21. The maximum atomic E-state index is 12.9. The van der Waals surface area contributed by atoms with Gasteiger partial charge in [0.05, 0.1) is 18.1 Å². The van der Waals surface area contributed by atoms with Crippen LogP contribution in [0.25, 0.3) is 5.52 Å². The van der Waals surface area contributed by atoms with Crippen LogP contribution < -0.4 is 4.90 Å². The van der Waals surface area contributed by atoms with Gasteiger partial charge >= 0.3 is 6.09 Å². The third-order valence-corrected chi connectivity index (χ3v) is 3.65. The molecule has 1 aliphatic rings. The van der Waals surface area contributed by atoms with E-state index < -0.39 is 6.09 Å². The Labute approximate surface area is 143 Å². The smallest absolute Gasteiger partial charge is 0.425 e. The molecule has 0 spiro atoms. The molecule has 0 saturated heterocycles. The molecular formula is C18H14N4O3. The van der Waals surface area contributed by atoms with Crippen LogP contribution in [0.2, 0.25) is 0 Å². The Balaban J connectivity index is 1.76. The van der Waals surface area contributed by atoms with Crippen molar-refractivity contribution >= 4 is 23.1 Å². The van der Waals surface area contributed by atoms with Gasteiger partial charge in [-0.1, -0.05) is 18.2 Å². The van der Waals surface area contributed by atoms with E-state index in [0.29, 0.717) is 29.4 Å². The molecule has 1 aliphatic heterocycles. The van der Waals surface area contributed by atoms with Gasteiger partial charge in [0.2, 0.25) is 0 Å². The highest BCUT2D eigenvalue weighted by Gasteiger charge is 2.25. The highest BCUT2D eigenvalue weighted by Crippen LogP contribution is 2.29. The first-order valence-corrected chi connectivity index (χ1v) is 7.65. The Hall–Kier alpha value is -3.61. The molecule has 3 heterocycles. The van der Waals surface area contributed by atoms with Crippen molar-refractivity contribution in [3.63, 3.8) is 0 Å². The van der Waals surface area contributed by atoms with Gasteiger partial charge in [0.15, 0.2) is 5.82 Å². The average Bonchev–Trinajstić information content (AvgIpc) is 3.08. The third-order valence-electron chi connectivity index (χ3n) is 3.65. The lowest BCUT2D eigenvalue weighted by Gasteiger charge is -2.21. The lowest BCUT2D eigenvalue weighted by molar-refractivity contribution is 0.185. The van der Waals surface area contributed by atoms with E-state index in [1.54, 1.807) is 41.5 Å². The summed E-state index contributed by atoms with van der Waals surface area (Å²) in [5.41, 5.74) is 1.34. The van der Waals surface area contributed by atoms with Crippen LogP contribution in [0.1, 0.15) is 0 Å². The van der Waals surface area contributed by atoms with E-state index in [4.69, 9.17) is 9.47 Å². The second kappa shape index (κ2) is 6.48. The molecule has 7 heteroatoms. The van der Waals surface area contributed by atoms with Crippen LogP contribution in [-0.2, 0) is 9.47 Å². The highest BCUT2D eigenvalue weighted by atomic mass is 16.6. The van der Waals surface area contributed by atoms with Gasteiger partial charge in [-0.2, -0.15) is 0 Å². The normalized spacial score (nSPS) is 13.2. The molecule has 1 amide bonds. The van der Waals surface area contributed by atoms with Crippen molar-refractivity contribution < 1.29 is 14.3 Å². The van der Waals surface area contributed by atoms with E-state index in [1.807, 2.05) is 30.3 Å². The first kappa shape index (κ1) is 14.9. The number of allylic oxidation sites excluding steroid dienone is 1. The van der Waals surface area contributed by atoms with Crippen molar-refractivity contribution in [1.29, 1.82) is 0 Å². The van der Waals surface area contributed by atoms with Crippen molar-refractivity contribution in [1.82, 2.24) is 14.4 Å². The molecule has 25 heavy (non-hydrogen) atoms. The fourth-order valence-electron chi connectivity index (χ4n) is 2.48. The zero-order valence-electron chi connectivity index (χ0n) is 13.1. The molecule has 0 bridgehead atoms. The lowest BCUT2D eigenvalue weighted by Crippen LogP contribution is -2.27. The molecule has 0 atom stereocenters. The first-order chi connectivity index (χ1) is 12.3. The topological polar surface area (TPSA) is 69.0 Å². The van der Waals surface area contributed by atoms with Crippen LogP contribution in [0.15, 0.2) is 79.4 Å². The number of nitrogens with zero attached hydrogens (tertiary/aromatic N) is 4. The average molecular weight is 334 g/mol. The number of ether oxygens (including phenoxy) is 2. The summed E-state index contributed by atoms with van der Waals surface area (Å²) in [7, 11) is 0. The van der Waals surface area contributed by atoms with Crippen LogP contribution in [0, 0.1) is 0 Å². The van der Waals surface area contributed by atoms with Gasteiger partial charge in [0.25, 0.3) is 0 Å². The number of hydrogen-bond acceptors (Lipinski definition) is 5. The van der Waals surface area contributed by atoms with Crippen LogP contribution in [0.3, 0.4) is 0 Å². The third kappa shape index (κ3) is 2.94. The maximum Gasteiger partial charge on any atom is 0.425 e. The molecule has 0 aliphatic carbocycles. The summed E-state index contributed by atoms with van der Waals surface area (Å²) in [6.07, 6.45) is 10.9. The quantitative estimate of drug-likeness (QED) is 0.734. The van der Waals surface area contributed by atoms with Crippen molar-refractivity contribution in [3.8, 4) is 0 Å². The SMILES string of the molecule is O=C(OC1=CCOC=C1)N(c1ccccc1)c1ncn2ccncc12. The van der Waals surface area contributed by atoms with Gasteiger partial charge in [0, 0.05) is 18.5 Å². The molecule has 0 unspecified atom stereocenters. The van der Waals surface area contributed by atoms with E-state index in [0.717, 1.165) is 0 Å². The predicted octanol–water partition coefficient (Wildman–Crippen LogP) is 3.43. The number of amides is 1. The Morgan fingerprint density at radius 1 is 1.28 bits per heavy atom. The standard InChI is InChI=1S/C18H14N4O3/c23-18(25-15-6-10-24-11-7-15)22(14-4-2-1-3-5-14)17-16-12-19-8-9-21(16)13-20-17/h1-10,12-13H,11H2. The molecule has 0 N–H and O–H groups in total. The second-order valence-electron chi connectivity index (χ2n) is 5.22. The Kier molecular flexibility index (Phi) is 3.88. The van der Waals surface area contributed by atoms with E-state index in [1.165, 1.54) is 11.2 Å². The molecule has 0 saturated carbocycles.